The lowest BCUT2D eigenvalue weighted by molar-refractivity contribution is 0.184. The summed E-state index contributed by atoms with van der Waals surface area (Å²) in [6.07, 6.45) is 9.22. The highest BCUT2D eigenvalue weighted by molar-refractivity contribution is 5.76. The molecule has 1 aliphatic carbocycles. The van der Waals surface area contributed by atoms with Gasteiger partial charge in [0.25, 0.3) is 5.56 Å². The standard InChI is InChI=1S/C26H33N5O/c1-18-7-6-8-19(2)24(18)31-23(32)14-9-20-17-27-26(29-25(20)31)28-21-10-12-22(13-11-21)30-15-4-3-5-16-30/h9-14,17-19,24H,3-8,15-16H2,1-2H3,(H,27,28,29). The zero-order valence-corrected chi connectivity index (χ0v) is 19.1. The first-order valence-corrected chi connectivity index (χ1v) is 12.1. The van der Waals surface area contributed by atoms with Crippen molar-refractivity contribution in [3.8, 4) is 0 Å². The quantitative estimate of drug-likeness (QED) is 0.589. The molecule has 1 saturated heterocycles. The number of hydrogen-bond acceptors (Lipinski definition) is 5. The third kappa shape index (κ3) is 4.10. The van der Waals surface area contributed by atoms with E-state index in [1.165, 1.54) is 31.4 Å². The summed E-state index contributed by atoms with van der Waals surface area (Å²) in [6.45, 7) is 6.79. The highest BCUT2D eigenvalue weighted by Gasteiger charge is 2.31. The molecule has 2 unspecified atom stereocenters. The lowest BCUT2D eigenvalue weighted by Gasteiger charge is -2.36. The largest absolute Gasteiger partial charge is 0.372 e. The van der Waals surface area contributed by atoms with E-state index in [4.69, 9.17) is 4.98 Å². The van der Waals surface area contributed by atoms with E-state index in [0.29, 0.717) is 17.8 Å². The molecular weight excluding hydrogens is 398 g/mol. The highest BCUT2D eigenvalue weighted by Crippen LogP contribution is 2.38. The van der Waals surface area contributed by atoms with Crippen LogP contribution in [0.1, 0.15) is 58.4 Å². The molecule has 2 aromatic heterocycles. The SMILES string of the molecule is CC1CCCC(C)C1n1c(=O)ccc2cnc(Nc3ccc(N4CCCCC4)cc3)nc21. The van der Waals surface area contributed by atoms with Crippen LogP contribution in [0.15, 0.2) is 47.4 Å². The molecule has 1 aliphatic heterocycles. The average Bonchev–Trinajstić information content (AvgIpc) is 2.81. The van der Waals surface area contributed by atoms with Crippen molar-refractivity contribution in [3.63, 3.8) is 0 Å². The molecular formula is C26H33N5O. The van der Waals surface area contributed by atoms with E-state index in [1.54, 1.807) is 6.07 Å². The van der Waals surface area contributed by atoms with Crippen LogP contribution in [-0.4, -0.2) is 27.6 Å². The fraction of sp³-hybridized carbons (Fsp3) is 0.500. The number of benzene rings is 1. The van der Waals surface area contributed by atoms with Crippen molar-refractivity contribution in [1.82, 2.24) is 14.5 Å². The molecule has 1 aromatic carbocycles. The minimum absolute atomic E-state index is 0.0265. The minimum Gasteiger partial charge on any atom is -0.372 e. The van der Waals surface area contributed by atoms with E-state index >= 15 is 0 Å². The van der Waals surface area contributed by atoms with Gasteiger partial charge in [-0.3, -0.25) is 9.36 Å². The van der Waals surface area contributed by atoms with Gasteiger partial charge in [-0.25, -0.2) is 4.98 Å². The van der Waals surface area contributed by atoms with E-state index in [9.17, 15) is 4.79 Å². The Balaban J connectivity index is 1.45. The molecule has 0 spiro atoms. The molecule has 32 heavy (non-hydrogen) atoms. The van der Waals surface area contributed by atoms with Crippen molar-refractivity contribution in [2.24, 2.45) is 11.8 Å². The molecule has 2 fully saturated rings. The number of nitrogens with one attached hydrogen (secondary N) is 1. The Morgan fingerprint density at radius 1 is 0.906 bits per heavy atom. The first-order valence-electron chi connectivity index (χ1n) is 12.1. The van der Waals surface area contributed by atoms with Crippen LogP contribution in [0.25, 0.3) is 11.0 Å². The van der Waals surface area contributed by atoms with E-state index in [2.05, 4.69) is 53.3 Å². The molecule has 5 rings (SSSR count). The molecule has 0 radical (unpaired) electrons. The second-order valence-electron chi connectivity index (χ2n) is 9.61. The number of piperidine rings is 1. The Kier molecular flexibility index (Phi) is 5.85. The van der Waals surface area contributed by atoms with E-state index in [0.717, 1.165) is 42.7 Å². The van der Waals surface area contributed by atoms with Gasteiger partial charge in [-0.2, -0.15) is 4.98 Å². The summed E-state index contributed by atoms with van der Waals surface area (Å²) < 4.78 is 1.93. The van der Waals surface area contributed by atoms with Gasteiger partial charge in [0.05, 0.1) is 0 Å². The molecule has 6 nitrogen and oxygen atoms in total. The smallest absolute Gasteiger partial charge is 0.252 e. The number of pyridine rings is 1. The monoisotopic (exact) mass is 431 g/mol. The molecule has 0 amide bonds. The molecule has 0 bridgehead atoms. The second kappa shape index (κ2) is 8.93. The van der Waals surface area contributed by atoms with Crippen LogP contribution in [0.5, 0.6) is 0 Å². The molecule has 1 saturated carbocycles. The number of nitrogens with zero attached hydrogens (tertiary/aromatic N) is 4. The van der Waals surface area contributed by atoms with Gasteiger partial charge >= 0.3 is 0 Å². The number of aromatic nitrogens is 3. The normalized spacial score (nSPS) is 23.9. The van der Waals surface area contributed by atoms with E-state index in [1.807, 2.05) is 16.8 Å². The Hall–Kier alpha value is -2.89. The topological polar surface area (TPSA) is 63.1 Å². The summed E-state index contributed by atoms with van der Waals surface area (Å²) in [5, 5.41) is 4.25. The van der Waals surface area contributed by atoms with Gasteiger partial charge < -0.3 is 10.2 Å². The second-order valence-corrected chi connectivity index (χ2v) is 9.61. The van der Waals surface area contributed by atoms with Crippen LogP contribution < -0.4 is 15.8 Å². The van der Waals surface area contributed by atoms with Gasteiger partial charge in [0.1, 0.15) is 5.65 Å². The van der Waals surface area contributed by atoms with Crippen LogP contribution in [0, 0.1) is 11.8 Å². The number of hydrogen-bond donors (Lipinski definition) is 1. The van der Waals surface area contributed by atoms with Gasteiger partial charge in [0.15, 0.2) is 0 Å². The van der Waals surface area contributed by atoms with E-state index in [-0.39, 0.29) is 11.6 Å². The fourth-order valence-corrected chi connectivity index (χ4v) is 5.60. The predicted molar refractivity (Wildman–Crippen MR) is 131 cm³/mol. The summed E-state index contributed by atoms with van der Waals surface area (Å²) in [4.78, 5) is 24.7. The first kappa shape index (κ1) is 21.0. The van der Waals surface area contributed by atoms with Crippen LogP contribution >= 0.6 is 0 Å². The maximum atomic E-state index is 13.0. The van der Waals surface area contributed by atoms with Gasteiger partial charge in [0.2, 0.25) is 5.95 Å². The number of anilines is 3. The molecule has 6 heteroatoms. The third-order valence-corrected chi connectivity index (χ3v) is 7.29. The van der Waals surface area contributed by atoms with Crippen molar-refractivity contribution >= 4 is 28.4 Å². The predicted octanol–water partition coefficient (Wildman–Crippen LogP) is 5.52. The van der Waals surface area contributed by atoms with Gasteiger partial charge in [-0.15, -0.1) is 0 Å². The summed E-state index contributed by atoms with van der Waals surface area (Å²) in [7, 11) is 0. The Morgan fingerprint density at radius 3 is 2.34 bits per heavy atom. The Labute approximate surface area is 189 Å². The molecule has 1 N–H and O–H groups in total. The van der Waals surface area contributed by atoms with Crippen molar-refractivity contribution in [3.05, 3.63) is 52.9 Å². The van der Waals surface area contributed by atoms with Crippen LogP contribution in [0.3, 0.4) is 0 Å². The van der Waals surface area contributed by atoms with Crippen molar-refractivity contribution in [1.29, 1.82) is 0 Å². The highest BCUT2D eigenvalue weighted by atomic mass is 16.1. The number of fused-ring (bicyclic) bond motifs is 1. The van der Waals surface area contributed by atoms with Gasteiger partial charge in [-0.1, -0.05) is 20.3 Å². The summed E-state index contributed by atoms with van der Waals surface area (Å²) in [5.74, 6) is 1.44. The zero-order chi connectivity index (χ0) is 22.1. The molecule has 3 heterocycles. The summed E-state index contributed by atoms with van der Waals surface area (Å²) >= 11 is 0. The first-order chi connectivity index (χ1) is 15.6. The van der Waals surface area contributed by atoms with Gasteiger partial charge in [0, 0.05) is 48.2 Å². The third-order valence-electron chi connectivity index (χ3n) is 7.29. The fourth-order valence-electron chi connectivity index (χ4n) is 5.60. The maximum Gasteiger partial charge on any atom is 0.252 e. The average molecular weight is 432 g/mol. The lowest BCUT2D eigenvalue weighted by Crippen LogP contribution is -2.35. The lowest BCUT2D eigenvalue weighted by atomic mass is 9.78. The number of rotatable bonds is 4. The Morgan fingerprint density at radius 2 is 1.62 bits per heavy atom. The van der Waals surface area contributed by atoms with Crippen molar-refractivity contribution < 1.29 is 0 Å². The summed E-state index contributed by atoms with van der Waals surface area (Å²) in [5.41, 5.74) is 2.97. The van der Waals surface area contributed by atoms with Crippen LogP contribution in [0.2, 0.25) is 0 Å². The molecule has 2 aliphatic rings. The van der Waals surface area contributed by atoms with E-state index < -0.39 is 0 Å². The van der Waals surface area contributed by atoms with Crippen LogP contribution in [-0.2, 0) is 0 Å². The molecule has 168 valence electrons. The molecule has 2 atom stereocenters. The van der Waals surface area contributed by atoms with Crippen LogP contribution in [0.4, 0.5) is 17.3 Å². The maximum absolute atomic E-state index is 13.0. The Bertz CT molecular complexity index is 1120. The van der Waals surface area contributed by atoms with Gasteiger partial charge in [-0.05, 0) is 74.3 Å². The van der Waals surface area contributed by atoms with Crippen molar-refractivity contribution in [2.75, 3.05) is 23.3 Å². The minimum atomic E-state index is 0.0265. The zero-order valence-electron chi connectivity index (χ0n) is 19.1. The van der Waals surface area contributed by atoms with Crippen molar-refractivity contribution in [2.45, 2.75) is 58.4 Å². The molecule has 3 aromatic rings. The summed E-state index contributed by atoms with van der Waals surface area (Å²) in [6, 6.07) is 12.2.